The van der Waals surface area contributed by atoms with Gasteiger partial charge in [0.1, 0.15) is 12.6 Å². The minimum absolute atomic E-state index is 0.0216. The molecule has 2 rings (SSSR count). The fourth-order valence-corrected chi connectivity index (χ4v) is 2.41. The van der Waals surface area contributed by atoms with E-state index in [9.17, 15) is 9.18 Å². The van der Waals surface area contributed by atoms with Gasteiger partial charge in [0.05, 0.1) is 22.3 Å². The smallest absolute Gasteiger partial charge is 0.325 e. The van der Waals surface area contributed by atoms with Gasteiger partial charge in [0.25, 0.3) is 0 Å². The SMILES string of the molecule is CCOC(=O)CN(c1ccc(C#N)c(Br)c1F)C1CC1. The largest absolute Gasteiger partial charge is 0.465 e. The summed E-state index contributed by atoms with van der Waals surface area (Å²) in [4.78, 5) is 13.3. The molecule has 0 amide bonds. The van der Waals surface area contributed by atoms with Gasteiger partial charge in [-0.25, -0.2) is 4.39 Å². The van der Waals surface area contributed by atoms with E-state index in [2.05, 4.69) is 15.9 Å². The molecule has 1 saturated carbocycles. The normalized spacial score (nSPS) is 13.7. The van der Waals surface area contributed by atoms with Gasteiger partial charge >= 0.3 is 5.97 Å². The summed E-state index contributed by atoms with van der Waals surface area (Å²) in [6, 6.07) is 5.15. The zero-order valence-electron chi connectivity index (χ0n) is 11.0. The molecule has 0 aliphatic heterocycles. The number of hydrogen-bond donors (Lipinski definition) is 0. The Morgan fingerprint density at radius 2 is 2.30 bits per heavy atom. The quantitative estimate of drug-likeness (QED) is 0.773. The van der Waals surface area contributed by atoms with Crippen LogP contribution in [0.25, 0.3) is 0 Å². The van der Waals surface area contributed by atoms with Crippen molar-refractivity contribution in [2.75, 3.05) is 18.1 Å². The van der Waals surface area contributed by atoms with Gasteiger partial charge in [-0.2, -0.15) is 5.26 Å². The molecular formula is C14H14BrFN2O2. The van der Waals surface area contributed by atoms with Gasteiger partial charge in [0.15, 0.2) is 5.82 Å². The number of carbonyl (C=O) groups excluding carboxylic acids is 1. The van der Waals surface area contributed by atoms with Crippen LogP contribution in [0, 0.1) is 17.1 Å². The Balaban J connectivity index is 2.28. The Kier molecular flexibility index (Phi) is 4.61. The van der Waals surface area contributed by atoms with Crippen molar-refractivity contribution in [2.24, 2.45) is 0 Å². The van der Waals surface area contributed by atoms with Crippen LogP contribution in [0.2, 0.25) is 0 Å². The molecule has 6 heteroatoms. The van der Waals surface area contributed by atoms with Crippen molar-refractivity contribution in [1.82, 2.24) is 0 Å². The van der Waals surface area contributed by atoms with E-state index in [0.29, 0.717) is 12.3 Å². The van der Waals surface area contributed by atoms with E-state index >= 15 is 0 Å². The maximum Gasteiger partial charge on any atom is 0.325 e. The molecule has 0 unspecified atom stereocenters. The highest BCUT2D eigenvalue weighted by Gasteiger charge is 2.33. The molecule has 0 aromatic heterocycles. The molecule has 0 saturated heterocycles. The second-order valence-corrected chi connectivity index (χ2v) is 5.33. The van der Waals surface area contributed by atoms with Crippen molar-refractivity contribution in [1.29, 1.82) is 5.26 Å². The summed E-state index contributed by atoms with van der Waals surface area (Å²) in [6.45, 7) is 2.06. The molecule has 106 valence electrons. The minimum Gasteiger partial charge on any atom is -0.465 e. The lowest BCUT2D eigenvalue weighted by Gasteiger charge is -2.24. The van der Waals surface area contributed by atoms with Crippen LogP contribution in [-0.2, 0) is 9.53 Å². The van der Waals surface area contributed by atoms with Crippen molar-refractivity contribution in [2.45, 2.75) is 25.8 Å². The first kappa shape index (κ1) is 14.8. The first-order valence-corrected chi connectivity index (χ1v) is 7.18. The van der Waals surface area contributed by atoms with Crippen LogP contribution in [0.4, 0.5) is 10.1 Å². The zero-order chi connectivity index (χ0) is 14.7. The predicted octanol–water partition coefficient (Wildman–Crippen LogP) is 2.99. The van der Waals surface area contributed by atoms with E-state index in [1.807, 2.05) is 6.07 Å². The molecule has 1 aromatic rings. The highest BCUT2D eigenvalue weighted by molar-refractivity contribution is 9.10. The number of hydrogen-bond acceptors (Lipinski definition) is 4. The highest BCUT2D eigenvalue weighted by Crippen LogP contribution is 2.36. The Bertz CT molecular complexity index is 567. The number of rotatable bonds is 5. The third-order valence-corrected chi connectivity index (χ3v) is 3.86. The van der Waals surface area contributed by atoms with Crippen molar-refractivity contribution >= 4 is 27.6 Å². The van der Waals surface area contributed by atoms with Gasteiger partial charge < -0.3 is 9.64 Å². The Labute approximate surface area is 125 Å². The lowest BCUT2D eigenvalue weighted by Crippen LogP contribution is -2.33. The number of carbonyl (C=O) groups is 1. The summed E-state index contributed by atoms with van der Waals surface area (Å²) in [5.74, 6) is -0.889. The lowest BCUT2D eigenvalue weighted by atomic mass is 10.2. The van der Waals surface area contributed by atoms with Crippen molar-refractivity contribution < 1.29 is 13.9 Å². The van der Waals surface area contributed by atoms with E-state index < -0.39 is 5.82 Å². The van der Waals surface area contributed by atoms with Gasteiger partial charge in [0.2, 0.25) is 0 Å². The molecule has 0 heterocycles. The van der Waals surface area contributed by atoms with Gasteiger partial charge in [0, 0.05) is 6.04 Å². The molecule has 0 bridgehead atoms. The average Bonchev–Trinajstić information content (AvgIpc) is 3.24. The summed E-state index contributed by atoms with van der Waals surface area (Å²) in [5, 5.41) is 8.87. The van der Waals surface area contributed by atoms with Crippen LogP contribution in [0.3, 0.4) is 0 Å². The molecule has 20 heavy (non-hydrogen) atoms. The van der Waals surface area contributed by atoms with Gasteiger partial charge in [-0.15, -0.1) is 0 Å². The Morgan fingerprint density at radius 1 is 1.60 bits per heavy atom. The van der Waals surface area contributed by atoms with Gasteiger partial charge in [-0.1, -0.05) is 0 Å². The maximum atomic E-state index is 14.3. The summed E-state index contributed by atoms with van der Waals surface area (Å²) in [7, 11) is 0. The van der Waals surface area contributed by atoms with Crippen LogP contribution < -0.4 is 4.90 Å². The summed E-state index contributed by atoms with van der Waals surface area (Å²) >= 11 is 3.09. The first-order chi connectivity index (χ1) is 9.58. The monoisotopic (exact) mass is 340 g/mol. The van der Waals surface area contributed by atoms with Crippen molar-refractivity contribution in [3.8, 4) is 6.07 Å². The van der Waals surface area contributed by atoms with E-state index in [1.165, 1.54) is 6.07 Å². The molecule has 0 radical (unpaired) electrons. The first-order valence-electron chi connectivity index (χ1n) is 6.38. The molecule has 0 atom stereocenters. The topological polar surface area (TPSA) is 53.3 Å². The predicted molar refractivity (Wildman–Crippen MR) is 75.8 cm³/mol. The lowest BCUT2D eigenvalue weighted by molar-refractivity contribution is -0.141. The summed E-state index contributed by atoms with van der Waals surface area (Å²) in [5.41, 5.74) is 0.560. The van der Waals surface area contributed by atoms with Crippen LogP contribution in [0.1, 0.15) is 25.3 Å². The molecule has 0 spiro atoms. The van der Waals surface area contributed by atoms with E-state index in [4.69, 9.17) is 10.00 Å². The van der Waals surface area contributed by atoms with E-state index in [1.54, 1.807) is 17.9 Å². The molecule has 0 N–H and O–H groups in total. The molecule has 1 fully saturated rings. The number of halogens is 2. The van der Waals surface area contributed by atoms with Gasteiger partial charge in [-0.05, 0) is 47.8 Å². The van der Waals surface area contributed by atoms with Crippen LogP contribution >= 0.6 is 15.9 Å². The fourth-order valence-electron chi connectivity index (χ4n) is 1.99. The Hall–Kier alpha value is -1.61. The molecular weight excluding hydrogens is 327 g/mol. The number of ether oxygens (including phenoxy) is 1. The third-order valence-electron chi connectivity index (χ3n) is 3.08. The zero-order valence-corrected chi connectivity index (χ0v) is 12.6. The highest BCUT2D eigenvalue weighted by atomic mass is 79.9. The Morgan fingerprint density at radius 3 is 2.85 bits per heavy atom. The second kappa shape index (κ2) is 6.23. The summed E-state index contributed by atoms with van der Waals surface area (Å²) in [6.07, 6.45) is 1.85. The number of nitriles is 1. The van der Waals surface area contributed by atoms with E-state index in [0.717, 1.165) is 12.8 Å². The number of benzene rings is 1. The standard InChI is InChI=1S/C14H14BrFN2O2/c1-2-20-12(19)8-18(10-4-5-10)11-6-3-9(7-17)13(15)14(11)16/h3,6,10H,2,4-5,8H2,1H3. The van der Waals surface area contributed by atoms with Gasteiger partial charge in [-0.3, -0.25) is 4.79 Å². The fraction of sp³-hybridized carbons (Fsp3) is 0.429. The molecule has 1 aliphatic carbocycles. The molecule has 1 aromatic carbocycles. The van der Waals surface area contributed by atoms with E-state index in [-0.39, 0.29) is 28.6 Å². The van der Waals surface area contributed by atoms with Crippen molar-refractivity contribution in [3.63, 3.8) is 0 Å². The molecule has 4 nitrogen and oxygen atoms in total. The number of esters is 1. The second-order valence-electron chi connectivity index (χ2n) is 4.54. The molecule has 1 aliphatic rings. The minimum atomic E-state index is -0.514. The van der Waals surface area contributed by atoms with Crippen LogP contribution in [0.15, 0.2) is 16.6 Å². The number of anilines is 1. The third kappa shape index (κ3) is 3.10. The average molecular weight is 341 g/mol. The van der Waals surface area contributed by atoms with Crippen LogP contribution in [-0.4, -0.2) is 25.2 Å². The van der Waals surface area contributed by atoms with Crippen LogP contribution in [0.5, 0.6) is 0 Å². The maximum absolute atomic E-state index is 14.3. The number of nitrogens with zero attached hydrogens (tertiary/aromatic N) is 2. The summed E-state index contributed by atoms with van der Waals surface area (Å²) < 4.78 is 19.4. The van der Waals surface area contributed by atoms with Crippen molar-refractivity contribution in [3.05, 3.63) is 28.0 Å².